The summed E-state index contributed by atoms with van der Waals surface area (Å²) in [5, 5.41) is 13.5. The topological polar surface area (TPSA) is 125 Å². The molecule has 9 nitrogen and oxygen atoms in total. The van der Waals surface area contributed by atoms with Crippen molar-refractivity contribution in [2.75, 3.05) is 11.9 Å². The van der Waals surface area contributed by atoms with Gasteiger partial charge in [0.1, 0.15) is 11.5 Å². The Bertz CT molecular complexity index is 1560. The zero-order chi connectivity index (χ0) is 30.8. The van der Waals surface area contributed by atoms with Gasteiger partial charge < -0.3 is 14.8 Å². The lowest BCUT2D eigenvalue weighted by molar-refractivity contribution is -0.384. The van der Waals surface area contributed by atoms with Gasteiger partial charge in [0, 0.05) is 41.6 Å². The number of ether oxygens (including phenoxy) is 2. The quantitative estimate of drug-likeness (QED) is 0.0764. The Morgan fingerprint density at radius 1 is 0.767 bits per heavy atom. The van der Waals surface area contributed by atoms with E-state index >= 15 is 0 Å². The number of amides is 1. The minimum absolute atomic E-state index is 0.0327. The number of Topliss-reactive ketones (excluding diaryl/α,β-unsaturated/α-hetero) is 1. The van der Waals surface area contributed by atoms with E-state index in [2.05, 4.69) is 43.4 Å². The number of non-ortho nitro benzene ring substituents is 1. The summed E-state index contributed by atoms with van der Waals surface area (Å²) in [6.07, 6.45) is 0.305. The van der Waals surface area contributed by atoms with Crippen LogP contribution < -0.4 is 10.1 Å². The van der Waals surface area contributed by atoms with Gasteiger partial charge in [-0.2, -0.15) is 0 Å². The number of carbonyl (C=O) groups is 3. The third-order valence-corrected chi connectivity index (χ3v) is 6.99. The lowest BCUT2D eigenvalue weighted by Gasteiger charge is -2.26. The zero-order valence-electron chi connectivity index (χ0n) is 23.9. The number of ketones is 1. The lowest BCUT2D eigenvalue weighted by atomic mass is 9.78. The van der Waals surface area contributed by atoms with Gasteiger partial charge in [-0.25, -0.2) is 0 Å². The molecule has 0 unspecified atom stereocenters. The Labute approximate surface area is 249 Å². The zero-order valence-corrected chi connectivity index (χ0v) is 23.9. The Balaban J connectivity index is 1.17. The molecular formula is C34H32N2O7. The first-order valence-corrected chi connectivity index (χ1v) is 13.8. The van der Waals surface area contributed by atoms with Crippen molar-refractivity contribution in [3.63, 3.8) is 0 Å². The molecule has 4 aromatic carbocycles. The largest absolute Gasteiger partial charge is 0.457 e. The smallest absolute Gasteiger partial charge is 0.306 e. The van der Waals surface area contributed by atoms with Crippen LogP contribution in [-0.4, -0.2) is 29.2 Å². The first kappa shape index (κ1) is 30.6. The fourth-order valence-corrected chi connectivity index (χ4v) is 4.39. The predicted octanol–water partition coefficient (Wildman–Crippen LogP) is 7.25. The maximum absolute atomic E-state index is 12.3. The first-order chi connectivity index (χ1) is 20.6. The van der Waals surface area contributed by atoms with Gasteiger partial charge >= 0.3 is 5.97 Å². The molecule has 43 heavy (non-hydrogen) atoms. The fraction of sp³-hybridized carbons (Fsp3) is 0.206. The molecule has 0 spiro atoms. The standard InChI is InChI=1S/C34H32N2O7/c1-34(2,25-7-4-3-5-8-25)26-13-19-29(20-14-26)43-30-21-15-27(16-22-30)35-32(38)9-6-10-33(39)42-23-31(37)24-11-17-28(18-12-24)36(40)41/h3-5,7-8,11-22H,6,9-10,23H2,1-2H3,(H,35,38). The Morgan fingerprint density at radius 3 is 1.95 bits per heavy atom. The van der Waals surface area contributed by atoms with E-state index in [1.54, 1.807) is 24.3 Å². The SMILES string of the molecule is CC(C)(c1ccccc1)c1ccc(Oc2ccc(NC(=O)CCCC(=O)OCC(=O)c3ccc([N+](=O)[O-])cc3)cc2)cc1. The minimum Gasteiger partial charge on any atom is -0.457 e. The van der Waals surface area contributed by atoms with Gasteiger partial charge in [-0.15, -0.1) is 0 Å². The molecule has 0 heterocycles. The molecule has 0 atom stereocenters. The average Bonchev–Trinajstić information content (AvgIpc) is 3.01. The summed E-state index contributed by atoms with van der Waals surface area (Å²) in [4.78, 5) is 46.5. The number of nitrogens with zero attached hydrogens (tertiary/aromatic N) is 1. The van der Waals surface area contributed by atoms with E-state index in [0.717, 1.165) is 0 Å². The number of benzene rings is 4. The number of nitrogens with one attached hydrogen (secondary N) is 1. The highest BCUT2D eigenvalue weighted by Gasteiger charge is 2.22. The van der Waals surface area contributed by atoms with E-state index in [0.29, 0.717) is 17.2 Å². The number of anilines is 1. The number of hydrogen-bond donors (Lipinski definition) is 1. The summed E-state index contributed by atoms with van der Waals surface area (Å²) < 4.78 is 10.9. The molecule has 0 aliphatic carbocycles. The van der Waals surface area contributed by atoms with Crippen LogP contribution in [0.25, 0.3) is 0 Å². The number of hydrogen-bond acceptors (Lipinski definition) is 7. The maximum atomic E-state index is 12.3. The van der Waals surface area contributed by atoms with Crippen molar-refractivity contribution < 1.29 is 28.8 Å². The van der Waals surface area contributed by atoms with Crippen LogP contribution in [0.15, 0.2) is 103 Å². The molecule has 0 aliphatic rings. The number of carbonyl (C=O) groups excluding carboxylic acids is 3. The maximum Gasteiger partial charge on any atom is 0.306 e. The van der Waals surface area contributed by atoms with Crippen LogP contribution in [0.2, 0.25) is 0 Å². The predicted molar refractivity (Wildman–Crippen MR) is 162 cm³/mol. The molecule has 0 aromatic heterocycles. The van der Waals surface area contributed by atoms with E-state index in [1.807, 2.05) is 30.3 Å². The molecule has 4 rings (SSSR count). The second kappa shape index (κ2) is 14.0. The third kappa shape index (κ3) is 8.59. The summed E-state index contributed by atoms with van der Waals surface area (Å²) in [5.74, 6) is -0.0245. The van der Waals surface area contributed by atoms with Crippen LogP contribution in [0.4, 0.5) is 11.4 Å². The third-order valence-electron chi connectivity index (χ3n) is 6.99. The highest BCUT2D eigenvalue weighted by molar-refractivity contribution is 5.98. The number of nitro benzene ring substituents is 1. The van der Waals surface area contributed by atoms with E-state index < -0.39 is 23.3 Å². The van der Waals surface area contributed by atoms with Crippen LogP contribution in [0.1, 0.15) is 54.6 Å². The molecule has 0 saturated carbocycles. The summed E-state index contributed by atoms with van der Waals surface area (Å²) in [6.45, 7) is 3.89. The molecule has 1 amide bonds. The van der Waals surface area contributed by atoms with Crippen LogP contribution in [0.5, 0.6) is 11.5 Å². The van der Waals surface area contributed by atoms with Gasteiger partial charge in [0.25, 0.3) is 5.69 Å². The van der Waals surface area contributed by atoms with Gasteiger partial charge in [0.2, 0.25) is 5.91 Å². The molecule has 9 heteroatoms. The van der Waals surface area contributed by atoms with E-state index in [-0.39, 0.29) is 41.8 Å². The molecule has 0 fully saturated rings. The molecule has 1 N–H and O–H groups in total. The second-order valence-electron chi connectivity index (χ2n) is 10.4. The van der Waals surface area contributed by atoms with Crippen molar-refractivity contribution in [1.29, 1.82) is 0 Å². The Morgan fingerprint density at radius 2 is 1.35 bits per heavy atom. The number of nitro groups is 1. The molecule has 220 valence electrons. The van der Waals surface area contributed by atoms with Crippen LogP contribution >= 0.6 is 0 Å². The van der Waals surface area contributed by atoms with E-state index in [4.69, 9.17) is 9.47 Å². The van der Waals surface area contributed by atoms with Gasteiger partial charge in [-0.3, -0.25) is 24.5 Å². The van der Waals surface area contributed by atoms with Crippen molar-refractivity contribution in [2.45, 2.75) is 38.5 Å². The fourth-order valence-electron chi connectivity index (χ4n) is 4.39. The average molecular weight is 581 g/mol. The van der Waals surface area contributed by atoms with Gasteiger partial charge in [-0.05, 0) is 66.1 Å². The van der Waals surface area contributed by atoms with Gasteiger partial charge in [-0.1, -0.05) is 56.3 Å². The highest BCUT2D eigenvalue weighted by Crippen LogP contribution is 2.33. The van der Waals surface area contributed by atoms with Crippen LogP contribution in [0.3, 0.4) is 0 Å². The molecule has 4 aromatic rings. The summed E-state index contributed by atoms with van der Waals surface area (Å²) >= 11 is 0. The number of esters is 1. The first-order valence-electron chi connectivity index (χ1n) is 13.8. The monoisotopic (exact) mass is 580 g/mol. The van der Waals surface area contributed by atoms with Crippen molar-refractivity contribution in [3.05, 3.63) is 130 Å². The minimum atomic E-state index is -0.610. The lowest BCUT2D eigenvalue weighted by Crippen LogP contribution is -2.18. The molecule has 0 radical (unpaired) electrons. The van der Waals surface area contributed by atoms with Crippen molar-refractivity contribution in [3.8, 4) is 11.5 Å². The Hall–Kier alpha value is -5.31. The second-order valence-corrected chi connectivity index (χ2v) is 10.4. The molecule has 0 bridgehead atoms. The normalized spacial score (nSPS) is 10.9. The Kier molecular flexibility index (Phi) is 10.0. The molecule has 0 saturated heterocycles. The number of rotatable bonds is 13. The summed E-state index contributed by atoms with van der Waals surface area (Å²) in [6, 6.07) is 30.3. The summed E-state index contributed by atoms with van der Waals surface area (Å²) in [7, 11) is 0. The highest BCUT2D eigenvalue weighted by atomic mass is 16.6. The van der Waals surface area contributed by atoms with Crippen molar-refractivity contribution in [2.24, 2.45) is 0 Å². The molecule has 0 aliphatic heterocycles. The van der Waals surface area contributed by atoms with Gasteiger partial charge in [0.05, 0.1) is 4.92 Å². The van der Waals surface area contributed by atoms with E-state index in [9.17, 15) is 24.5 Å². The van der Waals surface area contributed by atoms with Crippen LogP contribution in [0, 0.1) is 10.1 Å². The van der Waals surface area contributed by atoms with E-state index in [1.165, 1.54) is 35.4 Å². The van der Waals surface area contributed by atoms with Gasteiger partial charge in [0.15, 0.2) is 12.4 Å². The summed E-state index contributed by atoms with van der Waals surface area (Å²) in [5.41, 5.74) is 2.92. The van der Waals surface area contributed by atoms with Crippen LogP contribution in [-0.2, 0) is 19.7 Å². The van der Waals surface area contributed by atoms with Crippen molar-refractivity contribution in [1.82, 2.24) is 0 Å². The molecular weight excluding hydrogens is 548 g/mol. The van der Waals surface area contributed by atoms with Crippen molar-refractivity contribution >= 4 is 29.0 Å².